The molecule has 6 aromatic rings. The van der Waals surface area contributed by atoms with Gasteiger partial charge in [-0.05, 0) is 28.6 Å². The van der Waals surface area contributed by atoms with E-state index in [1.807, 2.05) is 42.5 Å². The summed E-state index contributed by atoms with van der Waals surface area (Å²) in [4.78, 5) is 19.2. The van der Waals surface area contributed by atoms with Crippen LogP contribution in [0.3, 0.4) is 0 Å². The molecule has 7 heteroatoms. The Morgan fingerprint density at radius 2 is 1.13 bits per heavy atom. The molecule has 0 N–H and O–H groups in total. The van der Waals surface area contributed by atoms with Gasteiger partial charge in [-0.15, -0.1) is 33.0 Å². The zero-order chi connectivity index (χ0) is 32.8. The van der Waals surface area contributed by atoms with Gasteiger partial charge in [-0.2, -0.15) is 18.2 Å². The fraction of sp³-hybridized carbons (Fsp3) is 0.250. The maximum atomic E-state index is 4.80. The van der Waals surface area contributed by atoms with E-state index < -0.39 is 13.1 Å². The molecule has 1 atom stereocenters. The molecule has 0 aliphatic carbocycles. The van der Waals surface area contributed by atoms with Crippen LogP contribution < -0.4 is 0 Å². The predicted octanol–water partition coefficient (Wildman–Crippen LogP) is 10.5. The van der Waals surface area contributed by atoms with Crippen molar-refractivity contribution in [3.63, 3.8) is 0 Å². The molecule has 2 aromatic heterocycles. The summed E-state index contributed by atoms with van der Waals surface area (Å²) in [6.07, 6.45) is 8.17. The third-order valence-electron chi connectivity index (χ3n) is 8.09. The predicted molar refractivity (Wildman–Crippen MR) is 199 cm³/mol. The van der Waals surface area contributed by atoms with Crippen molar-refractivity contribution in [2.24, 2.45) is 0 Å². The molecule has 4 nitrogen and oxygen atoms in total. The molecule has 0 aliphatic heterocycles. The molecular formula is C40H44FeN4P2. The van der Waals surface area contributed by atoms with Gasteiger partial charge in [-0.3, -0.25) is 0 Å². The Balaban J connectivity index is 0.000000762. The number of rotatable bonds is 7. The van der Waals surface area contributed by atoms with Crippen LogP contribution in [0.5, 0.6) is 0 Å². The molecule has 2 heterocycles. The third-order valence-corrected chi connectivity index (χ3v) is 12.8. The van der Waals surface area contributed by atoms with Crippen LogP contribution in [0.1, 0.15) is 64.3 Å². The van der Waals surface area contributed by atoms with E-state index in [0.29, 0.717) is 11.6 Å². The molecule has 0 radical (unpaired) electrons. The van der Waals surface area contributed by atoms with E-state index in [1.165, 1.54) is 27.8 Å². The molecule has 4 aromatic carbocycles. The number of benzene rings is 2. The summed E-state index contributed by atoms with van der Waals surface area (Å²) in [5.41, 5.74) is 7.33. The van der Waals surface area contributed by atoms with Crippen LogP contribution in [0.4, 0.5) is 0 Å². The minimum atomic E-state index is -0.842. The Morgan fingerprint density at radius 1 is 0.660 bits per heavy atom. The van der Waals surface area contributed by atoms with Gasteiger partial charge in [0.05, 0.1) is 0 Å². The van der Waals surface area contributed by atoms with E-state index >= 15 is 0 Å². The molecule has 47 heavy (non-hydrogen) atoms. The molecule has 0 fully saturated rings. The molecule has 1 unspecified atom stereocenters. The SMILES string of the molecule is CC(C)(C)P(Cc1c(C(P)(c2ncccn2)c2ncccn2)cc(-c2ccccc2)[c-]1-c1ccccc1)C(C)(C)C.[Fe+2].c1cc[cH-]c1. The zero-order valence-electron chi connectivity index (χ0n) is 28.1. The quantitative estimate of drug-likeness (QED) is 0.0946. The number of nitrogens with zero attached hydrogens (tertiary/aromatic N) is 4. The fourth-order valence-electron chi connectivity index (χ4n) is 6.20. The molecule has 0 amide bonds. The van der Waals surface area contributed by atoms with Crippen molar-refractivity contribution >= 4 is 17.2 Å². The second-order valence-electron chi connectivity index (χ2n) is 13.4. The van der Waals surface area contributed by atoms with Crippen LogP contribution in [0, 0.1) is 0 Å². The van der Waals surface area contributed by atoms with Crippen LogP contribution in [-0.2, 0) is 28.4 Å². The summed E-state index contributed by atoms with van der Waals surface area (Å²) in [5, 5.41) is -0.566. The minimum Gasteiger partial charge on any atom is -0.240 e. The van der Waals surface area contributed by atoms with Gasteiger partial charge in [-0.25, -0.2) is 32.1 Å². The average Bonchev–Trinajstić information content (AvgIpc) is 3.77. The summed E-state index contributed by atoms with van der Waals surface area (Å²) in [7, 11) is 2.61. The number of hydrogen-bond donors (Lipinski definition) is 0. The van der Waals surface area contributed by atoms with E-state index in [9.17, 15) is 0 Å². The van der Waals surface area contributed by atoms with Gasteiger partial charge >= 0.3 is 17.1 Å². The van der Waals surface area contributed by atoms with Gasteiger partial charge in [-0.1, -0.05) is 126 Å². The molecule has 0 bridgehead atoms. The molecule has 242 valence electrons. The fourth-order valence-corrected chi connectivity index (χ4v) is 10.4. The van der Waals surface area contributed by atoms with Crippen LogP contribution in [0.15, 0.2) is 134 Å². The number of aromatic nitrogens is 4. The van der Waals surface area contributed by atoms with Gasteiger partial charge in [0.15, 0.2) is 0 Å². The maximum absolute atomic E-state index is 4.80. The van der Waals surface area contributed by atoms with Crippen molar-refractivity contribution in [2.75, 3.05) is 0 Å². The van der Waals surface area contributed by atoms with Crippen LogP contribution in [0.2, 0.25) is 0 Å². The van der Waals surface area contributed by atoms with Crippen LogP contribution >= 0.6 is 17.2 Å². The first-order chi connectivity index (χ1) is 22.0. The topological polar surface area (TPSA) is 51.6 Å². The number of hydrogen-bond acceptors (Lipinski definition) is 4. The van der Waals surface area contributed by atoms with Crippen molar-refractivity contribution in [1.29, 1.82) is 0 Å². The second kappa shape index (κ2) is 15.7. The standard InChI is InChI=1S/C35H39N4P2.C5H5.Fe/c1-33(2,3)41(34(4,5)6)24-28-29(35(40,31-36-19-13-20-37-31)32-38-21-14-22-39-32)23-27(25-15-9-7-10-16-25)30(28)26-17-11-8-12-18-26;1-2-4-5-3-1;/h7-23H,24,40H2,1-6H3;1-5H;/q2*-1;+2. The van der Waals surface area contributed by atoms with E-state index in [4.69, 9.17) is 19.9 Å². The Bertz CT molecular complexity index is 1710. The zero-order valence-corrected chi connectivity index (χ0v) is 31.2. The first kappa shape index (κ1) is 36.5. The summed E-state index contributed by atoms with van der Waals surface area (Å²) < 4.78 is 0. The van der Waals surface area contributed by atoms with Gasteiger partial charge < -0.3 is 0 Å². The van der Waals surface area contributed by atoms with E-state index in [0.717, 1.165) is 11.7 Å². The largest absolute Gasteiger partial charge is 2.00 e. The first-order valence-corrected chi connectivity index (χ1v) is 17.8. The van der Waals surface area contributed by atoms with Crippen LogP contribution in [0.25, 0.3) is 22.3 Å². The molecule has 0 spiro atoms. The van der Waals surface area contributed by atoms with Crippen molar-refractivity contribution in [3.8, 4) is 22.3 Å². The average molecular weight is 699 g/mol. The van der Waals surface area contributed by atoms with Gasteiger partial charge in [0.1, 0.15) is 16.8 Å². The Morgan fingerprint density at radius 3 is 1.55 bits per heavy atom. The molecule has 6 rings (SSSR count). The normalized spacial score (nSPS) is 11.8. The Labute approximate surface area is 295 Å². The molecular weight excluding hydrogens is 654 g/mol. The first-order valence-electron chi connectivity index (χ1n) is 15.7. The Kier molecular flexibility index (Phi) is 12.2. The maximum Gasteiger partial charge on any atom is 2.00 e. The van der Waals surface area contributed by atoms with Gasteiger partial charge in [0.25, 0.3) is 0 Å². The molecule has 0 saturated heterocycles. The summed E-state index contributed by atoms with van der Waals surface area (Å²) >= 11 is 0. The van der Waals surface area contributed by atoms with E-state index in [2.05, 4.69) is 118 Å². The summed E-state index contributed by atoms with van der Waals surface area (Å²) in [6.45, 7) is 14.3. The minimum absolute atomic E-state index is 0. The van der Waals surface area contributed by atoms with Crippen molar-refractivity contribution in [2.45, 2.75) is 63.2 Å². The van der Waals surface area contributed by atoms with Gasteiger partial charge in [0, 0.05) is 24.8 Å². The Hall–Kier alpha value is -3.32. The molecule has 0 aliphatic rings. The van der Waals surface area contributed by atoms with Crippen molar-refractivity contribution in [3.05, 3.63) is 157 Å². The van der Waals surface area contributed by atoms with E-state index in [1.54, 1.807) is 24.8 Å². The van der Waals surface area contributed by atoms with E-state index in [-0.39, 0.29) is 27.4 Å². The third kappa shape index (κ3) is 8.40. The summed E-state index contributed by atoms with van der Waals surface area (Å²) in [6, 6.07) is 37.6. The molecule has 0 saturated carbocycles. The summed E-state index contributed by atoms with van der Waals surface area (Å²) in [5.74, 6) is 1.33. The second-order valence-corrected chi connectivity index (χ2v) is 18.1. The smallest absolute Gasteiger partial charge is 0.240 e. The van der Waals surface area contributed by atoms with Crippen molar-refractivity contribution < 1.29 is 17.1 Å². The van der Waals surface area contributed by atoms with Crippen LogP contribution in [-0.4, -0.2) is 30.2 Å². The van der Waals surface area contributed by atoms with Gasteiger partial charge in [0.2, 0.25) is 0 Å². The van der Waals surface area contributed by atoms with Crippen molar-refractivity contribution in [1.82, 2.24) is 19.9 Å². The monoisotopic (exact) mass is 698 g/mol.